The number of aryl methyl sites for hydroxylation is 2. The third kappa shape index (κ3) is 4.51. The Morgan fingerprint density at radius 2 is 1.64 bits per heavy atom. The van der Waals surface area contributed by atoms with Crippen LogP contribution in [0.25, 0.3) is 11.1 Å². The van der Waals surface area contributed by atoms with Crippen molar-refractivity contribution in [2.75, 3.05) is 0 Å². The Morgan fingerprint density at radius 3 is 2.24 bits per heavy atom. The molecule has 0 radical (unpaired) electrons. The van der Waals surface area contributed by atoms with Gasteiger partial charge in [0.15, 0.2) is 0 Å². The minimum Gasteiger partial charge on any atom is -0.192 e. The summed E-state index contributed by atoms with van der Waals surface area (Å²) in [4.78, 5) is 0. The maximum absolute atomic E-state index is 8.94. The summed E-state index contributed by atoms with van der Waals surface area (Å²) in [7, 11) is 0. The van der Waals surface area contributed by atoms with Gasteiger partial charge in [0.25, 0.3) is 0 Å². The summed E-state index contributed by atoms with van der Waals surface area (Å²) >= 11 is 0. The predicted octanol–water partition coefficient (Wildman–Crippen LogP) is 6.68. The minimum absolute atomic E-state index is 0.718. The van der Waals surface area contributed by atoms with Crippen LogP contribution in [0.4, 0.5) is 0 Å². The molecule has 1 fully saturated rings. The van der Waals surface area contributed by atoms with Crippen LogP contribution in [0.15, 0.2) is 42.5 Å². The number of rotatable bonds is 5. The Labute approximate surface area is 152 Å². The van der Waals surface area contributed by atoms with Crippen LogP contribution in [0, 0.1) is 30.1 Å². The normalized spacial score (nSPS) is 20.2. The van der Waals surface area contributed by atoms with Crippen molar-refractivity contribution in [2.24, 2.45) is 11.8 Å². The lowest BCUT2D eigenvalue weighted by Crippen LogP contribution is -2.14. The molecule has 1 aliphatic rings. The first-order valence-corrected chi connectivity index (χ1v) is 9.79. The summed E-state index contributed by atoms with van der Waals surface area (Å²) in [5, 5.41) is 8.94. The Balaban J connectivity index is 1.61. The summed E-state index contributed by atoms with van der Waals surface area (Å²) in [6.45, 7) is 4.53. The van der Waals surface area contributed by atoms with E-state index in [-0.39, 0.29) is 0 Å². The molecule has 0 spiro atoms. The van der Waals surface area contributed by atoms with Gasteiger partial charge in [0.2, 0.25) is 0 Å². The van der Waals surface area contributed by atoms with E-state index in [2.05, 4.69) is 38.1 Å². The topological polar surface area (TPSA) is 23.8 Å². The Hall–Kier alpha value is -2.07. The van der Waals surface area contributed by atoms with Crippen LogP contribution in [0.3, 0.4) is 0 Å². The van der Waals surface area contributed by atoms with Gasteiger partial charge in [-0.05, 0) is 66.0 Å². The lowest BCUT2D eigenvalue weighted by atomic mass is 9.78. The van der Waals surface area contributed by atoms with Gasteiger partial charge in [-0.2, -0.15) is 5.26 Å². The van der Waals surface area contributed by atoms with Gasteiger partial charge >= 0.3 is 0 Å². The Kier molecular flexibility index (Phi) is 5.92. The van der Waals surface area contributed by atoms with E-state index < -0.39 is 0 Å². The standard InChI is InChI=1S/C24H29N/c1-3-19-4-6-20(7-5-19)8-9-21-12-15-24(18(2)16-21)23-13-10-22(17-25)11-14-23/h10-16,19-20H,3-9H2,1-2H3/t19-,20-. The molecule has 1 aliphatic carbocycles. The Bertz CT molecular complexity index is 728. The van der Waals surface area contributed by atoms with Crippen LogP contribution in [0.5, 0.6) is 0 Å². The lowest BCUT2D eigenvalue weighted by molar-refractivity contribution is 0.259. The van der Waals surface area contributed by atoms with Gasteiger partial charge in [-0.15, -0.1) is 0 Å². The summed E-state index contributed by atoms with van der Waals surface area (Å²) in [6, 6.07) is 17.0. The van der Waals surface area contributed by atoms with E-state index in [0.29, 0.717) is 0 Å². The van der Waals surface area contributed by atoms with E-state index >= 15 is 0 Å². The maximum Gasteiger partial charge on any atom is 0.0991 e. The highest BCUT2D eigenvalue weighted by molar-refractivity contribution is 5.68. The zero-order valence-corrected chi connectivity index (χ0v) is 15.6. The SMILES string of the molecule is CC[C@H]1CC[C@H](CCc2ccc(-c3ccc(C#N)cc3)c(C)c2)CC1. The second-order valence-corrected chi connectivity index (χ2v) is 7.67. The van der Waals surface area contributed by atoms with Crippen LogP contribution in [-0.4, -0.2) is 0 Å². The zero-order chi connectivity index (χ0) is 17.6. The van der Waals surface area contributed by atoms with E-state index in [1.54, 1.807) is 0 Å². The molecule has 0 N–H and O–H groups in total. The largest absolute Gasteiger partial charge is 0.192 e. The van der Waals surface area contributed by atoms with Crippen molar-refractivity contribution >= 4 is 0 Å². The molecular formula is C24H29N. The maximum atomic E-state index is 8.94. The van der Waals surface area contributed by atoms with E-state index in [9.17, 15) is 0 Å². The van der Waals surface area contributed by atoms with Gasteiger partial charge in [-0.3, -0.25) is 0 Å². The quantitative estimate of drug-likeness (QED) is 0.599. The predicted molar refractivity (Wildman–Crippen MR) is 105 cm³/mol. The highest BCUT2D eigenvalue weighted by Crippen LogP contribution is 2.33. The van der Waals surface area contributed by atoms with Crippen LogP contribution < -0.4 is 0 Å². The second kappa shape index (κ2) is 8.34. The van der Waals surface area contributed by atoms with Crippen LogP contribution in [-0.2, 0) is 6.42 Å². The smallest absolute Gasteiger partial charge is 0.0991 e. The average Bonchev–Trinajstić information content (AvgIpc) is 2.67. The summed E-state index contributed by atoms with van der Waals surface area (Å²) in [6.07, 6.45) is 9.65. The molecule has 0 amide bonds. The van der Waals surface area contributed by atoms with Gasteiger partial charge < -0.3 is 0 Å². The molecular weight excluding hydrogens is 302 g/mol. The average molecular weight is 332 g/mol. The first kappa shape index (κ1) is 17.7. The van der Waals surface area contributed by atoms with Crippen molar-refractivity contribution in [3.63, 3.8) is 0 Å². The third-order valence-electron chi connectivity index (χ3n) is 6.00. The summed E-state index contributed by atoms with van der Waals surface area (Å²) in [5.74, 6) is 1.92. The summed E-state index contributed by atoms with van der Waals surface area (Å²) < 4.78 is 0. The van der Waals surface area contributed by atoms with Gasteiger partial charge in [-0.1, -0.05) is 69.4 Å². The van der Waals surface area contributed by atoms with Crippen LogP contribution in [0.1, 0.15) is 62.1 Å². The van der Waals surface area contributed by atoms with E-state index in [1.165, 1.54) is 67.2 Å². The van der Waals surface area contributed by atoms with E-state index in [0.717, 1.165) is 17.4 Å². The molecule has 0 heterocycles. The van der Waals surface area contributed by atoms with Gasteiger partial charge in [0, 0.05) is 0 Å². The van der Waals surface area contributed by atoms with E-state index in [4.69, 9.17) is 5.26 Å². The Morgan fingerprint density at radius 1 is 0.960 bits per heavy atom. The molecule has 1 nitrogen and oxygen atoms in total. The van der Waals surface area contributed by atoms with Gasteiger partial charge in [0.1, 0.15) is 0 Å². The molecule has 0 unspecified atom stereocenters. The molecule has 0 aliphatic heterocycles. The number of nitriles is 1. The fraction of sp³-hybridized carbons (Fsp3) is 0.458. The molecule has 1 saturated carbocycles. The third-order valence-corrected chi connectivity index (χ3v) is 6.00. The fourth-order valence-corrected chi connectivity index (χ4v) is 4.23. The zero-order valence-electron chi connectivity index (χ0n) is 15.6. The molecule has 3 rings (SSSR count). The number of hydrogen-bond donors (Lipinski definition) is 0. The van der Waals surface area contributed by atoms with Crippen LogP contribution >= 0.6 is 0 Å². The van der Waals surface area contributed by atoms with Crippen molar-refractivity contribution in [3.05, 3.63) is 59.2 Å². The highest BCUT2D eigenvalue weighted by atomic mass is 14.3. The number of hydrogen-bond acceptors (Lipinski definition) is 1. The van der Waals surface area contributed by atoms with Crippen molar-refractivity contribution in [1.82, 2.24) is 0 Å². The van der Waals surface area contributed by atoms with E-state index in [1.807, 2.05) is 24.3 Å². The van der Waals surface area contributed by atoms with Crippen LogP contribution in [0.2, 0.25) is 0 Å². The second-order valence-electron chi connectivity index (χ2n) is 7.67. The molecule has 2 aromatic carbocycles. The molecule has 25 heavy (non-hydrogen) atoms. The lowest BCUT2D eigenvalue weighted by Gasteiger charge is -2.27. The van der Waals surface area contributed by atoms with Gasteiger partial charge in [0.05, 0.1) is 11.6 Å². The first-order chi connectivity index (χ1) is 12.2. The monoisotopic (exact) mass is 331 g/mol. The van der Waals surface area contributed by atoms with Crippen molar-refractivity contribution in [2.45, 2.75) is 58.8 Å². The molecule has 2 aromatic rings. The van der Waals surface area contributed by atoms with Crippen molar-refractivity contribution in [3.8, 4) is 17.2 Å². The van der Waals surface area contributed by atoms with Crippen molar-refractivity contribution < 1.29 is 0 Å². The summed E-state index contributed by atoms with van der Waals surface area (Å²) in [5.41, 5.74) is 5.98. The number of benzene rings is 2. The number of nitrogens with zero attached hydrogens (tertiary/aromatic N) is 1. The highest BCUT2D eigenvalue weighted by Gasteiger charge is 2.19. The molecule has 130 valence electrons. The van der Waals surface area contributed by atoms with Gasteiger partial charge in [-0.25, -0.2) is 0 Å². The molecule has 0 saturated heterocycles. The van der Waals surface area contributed by atoms with Crippen molar-refractivity contribution in [1.29, 1.82) is 5.26 Å². The molecule has 0 atom stereocenters. The first-order valence-electron chi connectivity index (χ1n) is 9.79. The fourth-order valence-electron chi connectivity index (χ4n) is 4.23. The minimum atomic E-state index is 0.718. The molecule has 0 bridgehead atoms. The molecule has 0 aromatic heterocycles. The molecule has 1 heteroatoms.